The first-order chi connectivity index (χ1) is 10.6. The van der Waals surface area contributed by atoms with Crippen molar-refractivity contribution >= 4 is 17.7 Å². The Bertz CT molecular complexity index is 610. The number of carbonyl (C=O) groups excluding carboxylic acids is 3. The number of rotatable bonds is 1. The number of amides is 3. The van der Waals surface area contributed by atoms with E-state index in [0.29, 0.717) is 24.9 Å². The van der Waals surface area contributed by atoms with E-state index < -0.39 is 6.04 Å². The van der Waals surface area contributed by atoms with Crippen LogP contribution in [0.2, 0.25) is 0 Å². The highest BCUT2D eigenvalue weighted by atomic mass is 16.2. The van der Waals surface area contributed by atoms with Crippen LogP contribution in [-0.2, 0) is 16.0 Å². The van der Waals surface area contributed by atoms with Crippen LogP contribution in [0.15, 0.2) is 18.2 Å². The van der Waals surface area contributed by atoms with Gasteiger partial charge in [-0.1, -0.05) is 31.5 Å². The average Bonchev–Trinajstić information content (AvgIpc) is 2.51. The Labute approximate surface area is 130 Å². The number of aryl methyl sites for hydroxylation is 1. The second kappa shape index (κ2) is 6.73. The molecule has 0 spiro atoms. The minimum absolute atomic E-state index is 0.107. The molecular formula is C17H22N2O3. The van der Waals surface area contributed by atoms with Crippen LogP contribution in [0, 0.1) is 6.92 Å². The highest BCUT2D eigenvalue weighted by Gasteiger charge is 2.37. The van der Waals surface area contributed by atoms with E-state index >= 15 is 0 Å². The van der Waals surface area contributed by atoms with Gasteiger partial charge in [0.25, 0.3) is 5.91 Å². The van der Waals surface area contributed by atoms with E-state index in [4.69, 9.17) is 0 Å². The number of piperidine rings is 1. The zero-order valence-corrected chi connectivity index (χ0v) is 13.3. The van der Waals surface area contributed by atoms with E-state index in [9.17, 15) is 14.4 Å². The number of benzene rings is 1. The quantitative estimate of drug-likeness (QED) is 0.805. The summed E-state index contributed by atoms with van der Waals surface area (Å²) in [6.07, 6.45) is 1.46. The molecule has 5 heteroatoms. The van der Waals surface area contributed by atoms with Crippen molar-refractivity contribution in [1.29, 1.82) is 0 Å². The molecule has 1 unspecified atom stereocenters. The summed E-state index contributed by atoms with van der Waals surface area (Å²) in [6, 6.07) is 5.32. The lowest BCUT2D eigenvalue weighted by Crippen LogP contribution is -2.55. The molecule has 0 bridgehead atoms. The topological polar surface area (TPSA) is 66.5 Å². The number of nitrogens with zero attached hydrogens (tertiary/aromatic N) is 1. The molecule has 1 saturated heterocycles. The maximum absolute atomic E-state index is 12.6. The van der Waals surface area contributed by atoms with Gasteiger partial charge in [-0.2, -0.15) is 0 Å². The van der Waals surface area contributed by atoms with Crippen LogP contribution in [0.1, 0.15) is 48.2 Å². The molecule has 1 atom stereocenters. The monoisotopic (exact) mass is 302 g/mol. The van der Waals surface area contributed by atoms with Crippen LogP contribution in [0.3, 0.4) is 0 Å². The lowest BCUT2D eigenvalue weighted by Gasteiger charge is -2.36. The van der Waals surface area contributed by atoms with Gasteiger partial charge in [-0.25, -0.2) is 0 Å². The molecule has 3 rings (SSSR count). The number of hydrogen-bond acceptors (Lipinski definition) is 3. The Balaban J connectivity index is 0.000000847. The van der Waals surface area contributed by atoms with Crippen LogP contribution in [0.25, 0.3) is 0 Å². The predicted molar refractivity (Wildman–Crippen MR) is 83.4 cm³/mol. The largest absolute Gasteiger partial charge is 0.326 e. The van der Waals surface area contributed by atoms with Crippen molar-refractivity contribution in [3.8, 4) is 0 Å². The molecule has 0 aliphatic carbocycles. The van der Waals surface area contributed by atoms with Crippen molar-refractivity contribution in [2.75, 3.05) is 6.54 Å². The van der Waals surface area contributed by atoms with Gasteiger partial charge in [0, 0.05) is 18.5 Å². The predicted octanol–water partition coefficient (Wildman–Crippen LogP) is 1.82. The first-order valence-electron chi connectivity index (χ1n) is 7.80. The maximum atomic E-state index is 12.6. The number of fused-ring (bicyclic) bond motifs is 1. The van der Waals surface area contributed by atoms with Gasteiger partial charge in [0.2, 0.25) is 11.8 Å². The summed E-state index contributed by atoms with van der Waals surface area (Å²) in [7, 11) is 0. The van der Waals surface area contributed by atoms with E-state index in [2.05, 4.69) is 5.32 Å². The molecule has 0 aromatic heterocycles. The molecule has 22 heavy (non-hydrogen) atoms. The van der Waals surface area contributed by atoms with E-state index in [-0.39, 0.29) is 17.7 Å². The fraction of sp³-hybridized carbons (Fsp3) is 0.471. The SMILES string of the molecule is CC.Cc1ccc2c(c1)C(=O)N(C1CCC(=O)NC1=O)CC2. The molecular weight excluding hydrogens is 280 g/mol. The average molecular weight is 302 g/mol. The second-order valence-electron chi connectivity index (χ2n) is 5.38. The molecule has 118 valence electrons. The fourth-order valence-corrected chi connectivity index (χ4v) is 2.88. The number of carbonyl (C=O) groups is 3. The summed E-state index contributed by atoms with van der Waals surface area (Å²) >= 11 is 0. The minimum Gasteiger partial charge on any atom is -0.326 e. The lowest BCUT2D eigenvalue weighted by molar-refractivity contribution is -0.136. The zero-order valence-electron chi connectivity index (χ0n) is 13.3. The van der Waals surface area contributed by atoms with E-state index in [1.807, 2.05) is 39.0 Å². The standard InChI is InChI=1S/C15H16N2O3.C2H6/c1-9-2-3-10-6-7-17(15(20)11(10)8-9)12-4-5-13(18)16-14(12)19;1-2/h2-3,8,12H,4-7H2,1H3,(H,16,18,19);1-2H3. The molecule has 5 nitrogen and oxygen atoms in total. The second-order valence-corrected chi connectivity index (χ2v) is 5.38. The van der Waals surface area contributed by atoms with Crippen LogP contribution < -0.4 is 5.32 Å². The van der Waals surface area contributed by atoms with E-state index in [1.54, 1.807) is 4.90 Å². The highest BCUT2D eigenvalue weighted by Crippen LogP contribution is 2.24. The molecule has 2 aliphatic heterocycles. The zero-order chi connectivity index (χ0) is 16.3. The molecule has 1 N–H and O–H groups in total. The number of nitrogens with one attached hydrogen (secondary N) is 1. The normalized spacial score (nSPS) is 20.8. The number of hydrogen-bond donors (Lipinski definition) is 1. The van der Waals surface area contributed by atoms with Gasteiger partial charge in [0.1, 0.15) is 6.04 Å². The molecule has 0 radical (unpaired) electrons. The Morgan fingerprint density at radius 1 is 1.14 bits per heavy atom. The van der Waals surface area contributed by atoms with Crippen molar-refractivity contribution in [2.45, 2.75) is 46.1 Å². The Kier molecular flexibility index (Phi) is 4.96. The van der Waals surface area contributed by atoms with Gasteiger partial charge in [-0.15, -0.1) is 0 Å². The first kappa shape index (κ1) is 16.2. The van der Waals surface area contributed by atoms with Gasteiger partial charge in [0.05, 0.1) is 0 Å². The summed E-state index contributed by atoms with van der Waals surface area (Å²) in [6.45, 7) is 6.47. The van der Waals surface area contributed by atoms with Crippen molar-refractivity contribution in [3.63, 3.8) is 0 Å². The summed E-state index contributed by atoms with van der Waals surface area (Å²) in [5.41, 5.74) is 2.74. The third-order valence-corrected chi connectivity index (χ3v) is 3.97. The summed E-state index contributed by atoms with van der Waals surface area (Å²) in [5.74, 6) is -0.720. The van der Waals surface area contributed by atoms with E-state index in [0.717, 1.165) is 17.5 Å². The van der Waals surface area contributed by atoms with Crippen molar-refractivity contribution in [3.05, 3.63) is 34.9 Å². The first-order valence-corrected chi connectivity index (χ1v) is 7.80. The van der Waals surface area contributed by atoms with Crippen LogP contribution in [-0.4, -0.2) is 35.2 Å². The van der Waals surface area contributed by atoms with Crippen LogP contribution >= 0.6 is 0 Å². The summed E-state index contributed by atoms with van der Waals surface area (Å²) < 4.78 is 0. The highest BCUT2D eigenvalue weighted by molar-refractivity contribution is 6.04. The Morgan fingerprint density at radius 3 is 2.55 bits per heavy atom. The molecule has 2 aliphatic rings. The number of imide groups is 1. The fourth-order valence-electron chi connectivity index (χ4n) is 2.88. The van der Waals surface area contributed by atoms with Crippen molar-refractivity contribution in [2.24, 2.45) is 0 Å². The maximum Gasteiger partial charge on any atom is 0.254 e. The molecule has 1 aromatic carbocycles. The Hall–Kier alpha value is -2.17. The molecule has 2 heterocycles. The lowest BCUT2D eigenvalue weighted by atomic mass is 9.94. The van der Waals surface area contributed by atoms with Gasteiger partial charge < -0.3 is 4.90 Å². The minimum atomic E-state index is -0.520. The van der Waals surface area contributed by atoms with Crippen molar-refractivity contribution in [1.82, 2.24) is 10.2 Å². The third kappa shape index (κ3) is 3.03. The van der Waals surface area contributed by atoms with Crippen LogP contribution in [0.4, 0.5) is 0 Å². The van der Waals surface area contributed by atoms with Gasteiger partial charge in [0.15, 0.2) is 0 Å². The third-order valence-electron chi connectivity index (χ3n) is 3.97. The van der Waals surface area contributed by atoms with Gasteiger partial charge in [-0.05, 0) is 31.4 Å². The van der Waals surface area contributed by atoms with Crippen molar-refractivity contribution < 1.29 is 14.4 Å². The smallest absolute Gasteiger partial charge is 0.254 e. The molecule has 1 fully saturated rings. The molecule has 3 amide bonds. The summed E-state index contributed by atoms with van der Waals surface area (Å²) in [5, 5.41) is 2.31. The molecule has 0 saturated carbocycles. The van der Waals surface area contributed by atoms with Gasteiger partial charge in [-0.3, -0.25) is 19.7 Å². The summed E-state index contributed by atoms with van der Waals surface area (Å²) in [4.78, 5) is 37.3. The molecule has 1 aromatic rings. The Morgan fingerprint density at radius 2 is 1.86 bits per heavy atom. The van der Waals surface area contributed by atoms with Crippen LogP contribution in [0.5, 0.6) is 0 Å². The van der Waals surface area contributed by atoms with Gasteiger partial charge >= 0.3 is 0 Å². The van der Waals surface area contributed by atoms with E-state index in [1.165, 1.54) is 0 Å².